The van der Waals surface area contributed by atoms with Gasteiger partial charge in [0, 0.05) is 25.6 Å². The minimum Gasteiger partial charge on any atom is -0.460 e. The van der Waals surface area contributed by atoms with Crippen molar-refractivity contribution in [2.75, 3.05) is 19.6 Å². The van der Waals surface area contributed by atoms with Crippen molar-refractivity contribution in [1.29, 1.82) is 0 Å². The summed E-state index contributed by atoms with van der Waals surface area (Å²) >= 11 is 0. The minimum absolute atomic E-state index is 0.184. The number of carbonyl (C=O) groups is 4. The van der Waals surface area contributed by atoms with Crippen molar-refractivity contribution in [3.63, 3.8) is 0 Å². The highest BCUT2D eigenvalue weighted by atomic mass is 16.6. The number of nitrogens with zero attached hydrogens (tertiary/aromatic N) is 2. The van der Waals surface area contributed by atoms with Crippen molar-refractivity contribution >= 4 is 23.8 Å². The molecule has 2 saturated heterocycles. The highest BCUT2D eigenvalue weighted by Crippen LogP contribution is 2.32. The third kappa shape index (κ3) is 5.58. The average Bonchev–Trinajstić information content (AvgIpc) is 3.12. The lowest BCUT2D eigenvalue weighted by Crippen LogP contribution is -2.53. The van der Waals surface area contributed by atoms with Crippen LogP contribution in [-0.2, 0) is 19.1 Å². The molecular weight excluding hydrogens is 438 g/mol. The molecule has 9 nitrogen and oxygen atoms in total. The van der Waals surface area contributed by atoms with E-state index in [0.717, 1.165) is 18.4 Å². The fraction of sp³-hybridized carbons (Fsp3) is 0.520. The molecule has 3 heterocycles. The van der Waals surface area contributed by atoms with Crippen molar-refractivity contribution in [2.45, 2.75) is 64.0 Å². The van der Waals surface area contributed by atoms with Crippen LogP contribution >= 0.6 is 0 Å². The van der Waals surface area contributed by atoms with E-state index in [1.807, 2.05) is 45.0 Å². The Morgan fingerprint density at radius 1 is 1.09 bits per heavy atom. The van der Waals surface area contributed by atoms with Crippen LogP contribution in [0.25, 0.3) is 0 Å². The lowest BCUT2D eigenvalue weighted by atomic mass is 9.89. The lowest BCUT2D eigenvalue weighted by molar-refractivity contribution is -0.142. The number of hydrogen-bond donors (Lipinski definition) is 1. The van der Waals surface area contributed by atoms with E-state index in [-0.39, 0.29) is 30.9 Å². The van der Waals surface area contributed by atoms with E-state index in [2.05, 4.69) is 5.32 Å². The van der Waals surface area contributed by atoms with Crippen LogP contribution in [0.1, 0.15) is 57.9 Å². The number of likely N-dealkylation sites (tertiary alicyclic amines) is 1. The van der Waals surface area contributed by atoms with Crippen LogP contribution in [-0.4, -0.2) is 64.9 Å². The molecule has 0 aromatic heterocycles. The number of rotatable bonds is 4. The van der Waals surface area contributed by atoms with Gasteiger partial charge in [0.05, 0.1) is 6.54 Å². The third-order valence-corrected chi connectivity index (χ3v) is 6.21. The van der Waals surface area contributed by atoms with Crippen molar-refractivity contribution in [1.82, 2.24) is 15.1 Å². The SMILES string of the molecule is CC(C)(C)OC(=O)N1CCC(c2cccc(OC3=CC(=O)N([C@H]4CCC(=O)NC4=O)C3)c2)CC1. The zero-order chi connectivity index (χ0) is 24.5. The first-order valence-electron chi connectivity index (χ1n) is 11.7. The monoisotopic (exact) mass is 469 g/mol. The lowest BCUT2D eigenvalue weighted by Gasteiger charge is -2.33. The van der Waals surface area contributed by atoms with E-state index in [1.165, 1.54) is 11.0 Å². The highest BCUT2D eigenvalue weighted by molar-refractivity contribution is 6.03. The predicted molar refractivity (Wildman–Crippen MR) is 123 cm³/mol. The number of carbonyl (C=O) groups excluding carboxylic acids is 4. The number of benzene rings is 1. The summed E-state index contributed by atoms with van der Waals surface area (Å²) in [5.74, 6) is 0.324. The van der Waals surface area contributed by atoms with Gasteiger partial charge in [-0.1, -0.05) is 12.1 Å². The van der Waals surface area contributed by atoms with Gasteiger partial charge in [-0.05, 0) is 63.6 Å². The van der Waals surface area contributed by atoms with Crippen LogP contribution in [0, 0.1) is 0 Å². The molecule has 3 aliphatic heterocycles. The van der Waals surface area contributed by atoms with Crippen molar-refractivity contribution in [3.8, 4) is 5.75 Å². The second-order valence-corrected chi connectivity index (χ2v) is 9.96. The topological polar surface area (TPSA) is 105 Å². The second-order valence-electron chi connectivity index (χ2n) is 9.96. The van der Waals surface area contributed by atoms with Gasteiger partial charge in [0.1, 0.15) is 23.2 Å². The number of piperidine rings is 2. The molecule has 34 heavy (non-hydrogen) atoms. The Balaban J connectivity index is 1.33. The minimum atomic E-state index is -0.663. The largest absolute Gasteiger partial charge is 0.460 e. The van der Waals surface area contributed by atoms with Gasteiger partial charge in [-0.2, -0.15) is 0 Å². The van der Waals surface area contributed by atoms with Crippen LogP contribution in [0.4, 0.5) is 4.79 Å². The van der Waals surface area contributed by atoms with Gasteiger partial charge in [-0.3, -0.25) is 19.7 Å². The first kappa shape index (κ1) is 23.8. The van der Waals surface area contributed by atoms with Gasteiger partial charge in [-0.25, -0.2) is 4.79 Å². The molecule has 3 aliphatic rings. The van der Waals surface area contributed by atoms with E-state index >= 15 is 0 Å². The number of nitrogens with one attached hydrogen (secondary N) is 1. The summed E-state index contributed by atoms with van der Waals surface area (Å²) < 4.78 is 11.5. The van der Waals surface area contributed by atoms with E-state index in [9.17, 15) is 19.2 Å². The Morgan fingerprint density at radius 3 is 2.50 bits per heavy atom. The summed E-state index contributed by atoms with van der Waals surface area (Å²) in [5.41, 5.74) is 0.609. The molecule has 4 amide bonds. The molecule has 1 atom stereocenters. The predicted octanol–water partition coefficient (Wildman–Crippen LogP) is 2.71. The molecule has 9 heteroatoms. The van der Waals surface area contributed by atoms with Crippen molar-refractivity contribution < 1.29 is 28.7 Å². The molecule has 1 aromatic rings. The zero-order valence-electron chi connectivity index (χ0n) is 19.8. The Labute approximate surface area is 199 Å². The first-order valence-corrected chi connectivity index (χ1v) is 11.7. The van der Waals surface area contributed by atoms with Gasteiger partial charge < -0.3 is 19.3 Å². The number of imide groups is 1. The van der Waals surface area contributed by atoms with Crippen LogP contribution in [0.2, 0.25) is 0 Å². The molecule has 4 rings (SSSR count). The van der Waals surface area contributed by atoms with E-state index < -0.39 is 17.6 Å². The maximum Gasteiger partial charge on any atom is 0.410 e. The molecule has 0 radical (unpaired) electrons. The summed E-state index contributed by atoms with van der Waals surface area (Å²) in [4.78, 5) is 51.5. The van der Waals surface area contributed by atoms with Crippen LogP contribution < -0.4 is 10.1 Å². The molecule has 0 unspecified atom stereocenters. The van der Waals surface area contributed by atoms with Crippen LogP contribution in [0.3, 0.4) is 0 Å². The van der Waals surface area contributed by atoms with Crippen molar-refractivity contribution in [3.05, 3.63) is 41.7 Å². The van der Waals surface area contributed by atoms with Crippen LogP contribution in [0.5, 0.6) is 5.75 Å². The molecular formula is C25H31N3O6. The summed E-state index contributed by atoms with van der Waals surface area (Å²) in [7, 11) is 0. The smallest absolute Gasteiger partial charge is 0.410 e. The molecule has 0 saturated carbocycles. The Bertz CT molecular complexity index is 1020. The average molecular weight is 470 g/mol. The first-order chi connectivity index (χ1) is 16.1. The number of hydrogen-bond acceptors (Lipinski definition) is 6. The van der Waals surface area contributed by atoms with E-state index in [4.69, 9.17) is 9.47 Å². The summed E-state index contributed by atoms with van der Waals surface area (Å²) in [6.07, 6.45) is 3.30. The van der Waals surface area contributed by atoms with Gasteiger partial charge in [0.15, 0.2) is 0 Å². The molecule has 0 spiro atoms. The molecule has 0 bridgehead atoms. The molecule has 2 fully saturated rings. The van der Waals surface area contributed by atoms with Gasteiger partial charge in [0.2, 0.25) is 11.8 Å². The number of ether oxygens (including phenoxy) is 2. The van der Waals surface area contributed by atoms with E-state index in [0.29, 0.717) is 36.9 Å². The quantitative estimate of drug-likeness (QED) is 0.680. The Hall–Kier alpha value is -3.36. The molecule has 0 aliphatic carbocycles. The molecule has 182 valence electrons. The standard InChI is InChI=1S/C25H31N3O6/c1-25(2,3)34-24(32)27-11-9-16(10-12-27)17-5-4-6-18(13-17)33-19-14-22(30)28(15-19)20-7-8-21(29)26-23(20)31/h4-6,13-14,16,20H,7-12,15H2,1-3H3,(H,26,29,31)/t20-/m0/s1. The fourth-order valence-electron chi connectivity index (χ4n) is 4.52. The summed E-state index contributed by atoms with van der Waals surface area (Å²) in [6, 6.07) is 7.10. The van der Waals surface area contributed by atoms with E-state index in [1.54, 1.807) is 4.90 Å². The second kappa shape index (κ2) is 9.48. The third-order valence-electron chi connectivity index (χ3n) is 6.21. The summed E-state index contributed by atoms with van der Waals surface area (Å²) in [5, 5.41) is 2.29. The fourth-order valence-corrected chi connectivity index (χ4v) is 4.52. The normalized spacial score (nSPS) is 21.9. The maximum atomic E-state index is 12.5. The maximum absolute atomic E-state index is 12.5. The number of amides is 4. The zero-order valence-corrected chi connectivity index (χ0v) is 19.8. The van der Waals surface area contributed by atoms with Crippen LogP contribution in [0.15, 0.2) is 36.1 Å². The van der Waals surface area contributed by atoms with Crippen molar-refractivity contribution in [2.24, 2.45) is 0 Å². The summed E-state index contributed by atoms with van der Waals surface area (Å²) in [6.45, 7) is 7.03. The Kier molecular flexibility index (Phi) is 6.63. The highest BCUT2D eigenvalue weighted by Gasteiger charge is 2.37. The Morgan fingerprint density at radius 2 is 1.82 bits per heavy atom. The van der Waals surface area contributed by atoms with Gasteiger partial charge >= 0.3 is 6.09 Å². The molecule has 1 N–H and O–H groups in total. The molecule has 1 aromatic carbocycles. The van der Waals surface area contributed by atoms with Gasteiger partial charge in [0.25, 0.3) is 5.91 Å². The van der Waals surface area contributed by atoms with Gasteiger partial charge in [-0.15, -0.1) is 0 Å².